The van der Waals surface area contributed by atoms with Crippen molar-refractivity contribution in [3.8, 4) is 5.75 Å². The minimum Gasteiger partial charge on any atom is -0.506 e. The summed E-state index contributed by atoms with van der Waals surface area (Å²) in [5, 5.41) is 19.5. The second-order valence-electron chi connectivity index (χ2n) is 4.50. The highest BCUT2D eigenvalue weighted by Crippen LogP contribution is 2.29. The fraction of sp³-hybridized carbons (Fsp3) is 0. The summed E-state index contributed by atoms with van der Waals surface area (Å²) in [5.74, 6) is -2.65. The molecule has 0 spiro atoms. The molecule has 0 bridgehead atoms. The van der Waals surface area contributed by atoms with E-state index in [2.05, 4.69) is 0 Å². The zero-order chi connectivity index (χ0) is 17.1. The van der Waals surface area contributed by atoms with E-state index in [9.17, 15) is 14.7 Å². The number of allylic oxidation sites excluding steroid dienone is 1. The van der Waals surface area contributed by atoms with Crippen molar-refractivity contribution in [1.82, 2.24) is 0 Å². The summed E-state index contributed by atoms with van der Waals surface area (Å²) in [6, 6.07) is 7.17. The molecule has 0 heterocycles. The van der Waals surface area contributed by atoms with E-state index in [1.54, 1.807) is 18.2 Å². The van der Waals surface area contributed by atoms with Crippen LogP contribution in [-0.4, -0.2) is 22.0 Å². The normalized spacial score (nSPS) is 10.9. The number of halogens is 3. The molecule has 2 rings (SSSR count). The Balaban J connectivity index is 2.40. The molecule has 0 unspecified atom stereocenters. The van der Waals surface area contributed by atoms with E-state index >= 15 is 0 Å². The molecule has 0 saturated heterocycles. The van der Waals surface area contributed by atoms with Crippen molar-refractivity contribution >= 4 is 52.6 Å². The number of carboxylic acid groups (broad SMARTS) is 1. The molecule has 0 radical (unpaired) electrons. The maximum absolute atomic E-state index is 12.2. The zero-order valence-corrected chi connectivity index (χ0v) is 13.7. The molecule has 23 heavy (non-hydrogen) atoms. The molecule has 0 aromatic heterocycles. The van der Waals surface area contributed by atoms with Gasteiger partial charge in [-0.05, 0) is 35.9 Å². The van der Waals surface area contributed by atoms with Crippen LogP contribution in [0.3, 0.4) is 0 Å². The summed E-state index contributed by atoms with van der Waals surface area (Å²) in [4.78, 5) is 23.2. The van der Waals surface area contributed by atoms with E-state index in [1.165, 1.54) is 12.1 Å². The first-order valence-corrected chi connectivity index (χ1v) is 7.37. The number of aromatic carboxylic acids is 1. The number of ketones is 1. The quantitative estimate of drug-likeness (QED) is 0.589. The van der Waals surface area contributed by atoms with Gasteiger partial charge in [0.25, 0.3) is 0 Å². The molecule has 0 amide bonds. The van der Waals surface area contributed by atoms with E-state index in [0.29, 0.717) is 10.6 Å². The molecule has 0 saturated carbocycles. The number of rotatable bonds is 4. The van der Waals surface area contributed by atoms with E-state index < -0.39 is 23.1 Å². The van der Waals surface area contributed by atoms with Crippen LogP contribution in [0.25, 0.3) is 6.08 Å². The number of carbonyl (C=O) groups excluding carboxylic acids is 1. The molecular weight excluding hydrogens is 363 g/mol. The molecule has 4 nitrogen and oxygen atoms in total. The van der Waals surface area contributed by atoms with Crippen LogP contribution in [0.1, 0.15) is 26.3 Å². The number of carbonyl (C=O) groups is 2. The average Bonchev–Trinajstić information content (AvgIpc) is 2.50. The molecule has 2 N–H and O–H groups in total. The average molecular weight is 372 g/mol. The maximum Gasteiger partial charge on any atom is 0.339 e. The highest BCUT2D eigenvalue weighted by Gasteiger charge is 2.18. The number of phenols is 1. The van der Waals surface area contributed by atoms with Gasteiger partial charge in [0.15, 0.2) is 5.78 Å². The third-order valence-electron chi connectivity index (χ3n) is 2.97. The van der Waals surface area contributed by atoms with Crippen molar-refractivity contribution in [2.45, 2.75) is 0 Å². The van der Waals surface area contributed by atoms with Gasteiger partial charge >= 0.3 is 5.97 Å². The summed E-state index contributed by atoms with van der Waals surface area (Å²) in [7, 11) is 0. The Kier molecular flexibility index (Phi) is 5.31. The summed E-state index contributed by atoms with van der Waals surface area (Å²) >= 11 is 17.7. The number of carboxylic acids is 1. The fourth-order valence-electron chi connectivity index (χ4n) is 1.85. The SMILES string of the molecule is O=C(O)c1cc(Cl)cc(C(=O)/C=C/c2cccc(Cl)c2Cl)c1O. The van der Waals surface area contributed by atoms with Crippen LogP contribution in [0, 0.1) is 0 Å². The Morgan fingerprint density at radius 3 is 2.35 bits per heavy atom. The van der Waals surface area contributed by atoms with Gasteiger partial charge in [-0.15, -0.1) is 0 Å². The minimum atomic E-state index is -1.39. The predicted molar refractivity (Wildman–Crippen MR) is 89.9 cm³/mol. The van der Waals surface area contributed by atoms with Crippen LogP contribution in [0.4, 0.5) is 0 Å². The lowest BCUT2D eigenvalue weighted by Crippen LogP contribution is -2.03. The van der Waals surface area contributed by atoms with Crippen molar-refractivity contribution in [2.24, 2.45) is 0 Å². The first-order chi connectivity index (χ1) is 10.8. The summed E-state index contributed by atoms with van der Waals surface area (Å²) in [5.41, 5.74) is -0.160. The van der Waals surface area contributed by atoms with Crippen molar-refractivity contribution < 1.29 is 19.8 Å². The van der Waals surface area contributed by atoms with Gasteiger partial charge in [0, 0.05) is 5.02 Å². The van der Waals surface area contributed by atoms with Crippen LogP contribution >= 0.6 is 34.8 Å². The summed E-state index contributed by atoms with van der Waals surface area (Å²) in [6.45, 7) is 0. The molecule has 7 heteroatoms. The summed E-state index contributed by atoms with van der Waals surface area (Å²) < 4.78 is 0. The highest BCUT2D eigenvalue weighted by atomic mass is 35.5. The van der Waals surface area contributed by atoms with Crippen molar-refractivity contribution in [3.05, 3.63) is 68.2 Å². The monoisotopic (exact) mass is 370 g/mol. The number of hydrogen-bond donors (Lipinski definition) is 2. The molecule has 0 atom stereocenters. The molecular formula is C16H9Cl3O4. The van der Waals surface area contributed by atoms with Crippen LogP contribution in [-0.2, 0) is 0 Å². The molecule has 0 aliphatic heterocycles. The van der Waals surface area contributed by atoms with Gasteiger partial charge in [-0.2, -0.15) is 0 Å². The van der Waals surface area contributed by atoms with Crippen molar-refractivity contribution in [2.75, 3.05) is 0 Å². The van der Waals surface area contributed by atoms with Gasteiger partial charge in [-0.3, -0.25) is 4.79 Å². The Labute approximate surface area is 146 Å². The lowest BCUT2D eigenvalue weighted by atomic mass is 10.0. The van der Waals surface area contributed by atoms with Crippen molar-refractivity contribution in [1.29, 1.82) is 0 Å². The van der Waals surface area contributed by atoms with Gasteiger partial charge < -0.3 is 10.2 Å². The Bertz CT molecular complexity index is 828. The molecule has 0 aliphatic rings. The Morgan fingerprint density at radius 2 is 1.70 bits per heavy atom. The number of benzene rings is 2. The van der Waals surface area contributed by atoms with Crippen LogP contribution in [0.2, 0.25) is 15.1 Å². The van der Waals surface area contributed by atoms with Gasteiger partial charge in [-0.25, -0.2) is 4.79 Å². The Hall–Kier alpha value is -2.01. The minimum absolute atomic E-state index is 0.0257. The smallest absolute Gasteiger partial charge is 0.339 e. The lowest BCUT2D eigenvalue weighted by molar-refractivity contribution is 0.0693. The van der Waals surface area contributed by atoms with Gasteiger partial charge in [0.2, 0.25) is 0 Å². The molecule has 2 aromatic carbocycles. The number of aromatic hydroxyl groups is 1. The van der Waals surface area contributed by atoms with Gasteiger partial charge in [0.05, 0.1) is 15.6 Å². The van der Waals surface area contributed by atoms with Crippen LogP contribution in [0.15, 0.2) is 36.4 Å². The number of hydrogen-bond acceptors (Lipinski definition) is 3. The van der Waals surface area contributed by atoms with E-state index in [0.717, 1.165) is 12.1 Å². The van der Waals surface area contributed by atoms with Gasteiger partial charge in [0.1, 0.15) is 11.3 Å². The third kappa shape index (κ3) is 3.85. The lowest BCUT2D eigenvalue weighted by Gasteiger charge is -2.06. The first kappa shape index (κ1) is 17.3. The van der Waals surface area contributed by atoms with E-state index in [-0.39, 0.29) is 15.6 Å². The topological polar surface area (TPSA) is 74.6 Å². The fourth-order valence-corrected chi connectivity index (χ4v) is 2.44. The third-order valence-corrected chi connectivity index (χ3v) is 4.02. The largest absolute Gasteiger partial charge is 0.506 e. The standard InChI is InChI=1S/C16H9Cl3O4/c17-9-6-10(15(21)11(7-9)16(22)23)13(20)5-4-8-2-1-3-12(18)14(8)19/h1-7,21H,(H,22,23)/b5-4+. The molecule has 0 fully saturated rings. The summed E-state index contributed by atoms with van der Waals surface area (Å²) in [6.07, 6.45) is 2.56. The molecule has 2 aromatic rings. The zero-order valence-electron chi connectivity index (χ0n) is 11.4. The van der Waals surface area contributed by atoms with Crippen LogP contribution in [0.5, 0.6) is 5.75 Å². The van der Waals surface area contributed by atoms with E-state index in [4.69, 9.17) is 39.9 Å². The Morgan fingerprint density at radius 1 is 1.04 bits per heavy atom. The molecule has 118 valence electrons. The van der Waals surface area contributed by atoms with Crippen LogP contribution < -0.4 is 0 Å². The maximum atomic E-state index is 12.2. The van der Waals surface area contributed by atoms with Crippen molar-refractivity contribution in [3.63, 3.8) is 0 Å². The first-order valence-electron chi connectivity index (χ1n) is 6.23. The predicted octanol–water partition coefficient (Wildman–Crippen LogP) is 4.95. The molecule has 0 aliphatic carbocycles. The van der Waals surface area contributed by atoms with E-state index in [1.807, 2.05) is 0 Å². The second kappa shape index (κ2) is 7.04. The second-order valence-corrected chi connectivity index (χ2v) is 5.72. The highest BCUT2D eigenvalue weighted by molar-refractivity contribution is 6.43. The van der Waals surface area contributed by atoms with Gasteiger partial charge in [-0.1, -0.05) is 46.9 Å².